The summed E-state index contributed by atoms with van der Waals surface area (Å²) in [5, 5.41) is 0. The lowest BCUT2D eigenvalue weighted by atomic mass is 10.1. The minimum atomic E-state index is -0.0984. The Hall–Kier alpha value is -2.07. The van der Waals surface area contributed by atoms with Crippen LogP contribution in [-0.4, -0.2) is 18.2 Å². The normalized spacial score (nSPS) is 11.9. The van der Waals surface area contributed by atoms with Crippen LogP contribution in [0.2, 0.25) is 0 Å². The van der Waals surface area contributed by atoms with Crippen LogP contribution in [0.4, 0.5) is 0 Å². The van der Waals surface area contributed by atoms with E-state index in [-0.39, 0.29) is 6.04 Å². The number of ether oxygens (including phenoxy) is 2. The molecule has 0 aliphatic carbocycles. The van der Waals surface area contributed by atoms with Gasteiger partial charge in [0.1, 0.15) is 19.0 Å². The van der Waals surface area contributed by atoms with Gasteiger partial charge in [-0.1, -0.05) is 24.3 Å². The number of hydrogen-bond acceptors (Lipinski definition) is 4. The van der Waals surface area contributed by atoms with E-state index < -0.39 is 0 Å². The van der Waals surface area contributed by atoms with Crippen molar-refractivity contribution in [3.63, 3.8) is 0 Å². The van der Waals surface area contributed by atoms with Gasteiger partial charge in [-0.05, 0) is 25.1 Å². The van der Waals surface area contributed by atoms with Crippen LogP contribution in [0, 0.1) is 0 Å². The van der Waals surface area contributed by atoms with Crippen LogP contribution in [0.3, 0.4) is 0 Å². The Morgan fingerprint density at radius 2 is 1.79 bits per heavy atom. The molecule has 0 bridgehead atoms. The SMILES string of the molecule is C[C@@H](N)c1cccnc1OCCOc1ccccc1. The van der Waals surface area contributed by atoms with Crippen molar-refractivity contribution in [2.45, 2.75) is 13.0 Å². The molecule has 0 saturated heterocycles. The van der Waals surface area contributed by atoms with Crippen molar-refractivity contribution < 1.29 is 9.47 Å². The molecule has 0 saturated carbocycles. The molecule has 2 aromatic rings. The van der Waals surface area contributed by atoms with Gasteiger partial charge >= 0.3 is 0 Å². The van der Waals surface area contributed by atoms with Crippen LogP contribution < -0.4 is 15.2 Å². The smallest absolute Gasteiger partial charge is 0.218 e. The molecule has 4 heteroatoms. The van der Waals surface area contributed by atoms with Gasteiger partial charge in [-0.3, -0.25) is 0 Å². The van der Waals surface area contributed by atoms with Crippen LogP contribution in [0.5, 0.6) is 11.6 Å². The van der Waals surface area contributed by atoms with E-state index in [1.165, 1.54) is 0 Å². The lowest BCUT2D eigenvalue weighted by molar-refractivity contribution is 0.210. The fourth-order valence-corrected chi connectivity index (χ4v) is 1.68. The molecule has 0 aliphatic heterocycles. The average molecular weight is 258 g/mol. The van der Waals surface area contributed by atoms with Gasteiger partial charge in [0.25, 0.3) is 0 Å². The third-order valence-corrected chi connectivity index (χ3v) is 2.63. The molecule has 1 heterocycles. The Balaban J connectivity index is 1.83. The van der Waals surface area contributed by atoms with E-state index in [1.54, 1.807) is 6.20 Å². The average Bonchev–Trinajstić information content (AvgIpc) is 2.45. The van der Waals surface area contributed by atoms with Gasteiger partial charge in [-0.2, -0.15) is 0 Å². The summed E-state index contributed by atoms with van der Waals surface area (Å²) >= 11 is 0. The zero-order valence-corrected chi connectivity index (χ0v) is 11.0. The van der Waals surface area contributed by atoms with Crippen molar-refractivity contribution in [3.8, 4) is 11.6 Å². The van der Waals surface area contributed by atoms with Crippen molar-refractivity contribution in [1.82, 2.24) is 4.98 Å². The fourth-order valence-electron chi connectivity index (χ4n) is 1.68. The molecule has 0 unspecified atom stereocenters. The lowest BCUT2D eigenvalue weighted by Crippen LogP contribution is -2.13. The van der Waals surface area contributed by atoms with E-state index in [1.807, 2.05) is 49.4 Å². The van der Waals surface area contributed by atoms with Crippen LogP contribution >= 0.6 is 0 Å². The van der Waals surface area contributed by atoms with Crippen molar-refractivity contribution in [2.75, 3.05) is 13.2 Å². The van der Waals surface area contributed by atoms with E-state index >= 15 is 0 Å². The molecular formula is C15H18N2O2. The van der Waals surface area contributed by atoms with Gasteiger partial charge in [-0.15, -0.1) is 0 Å². The van der Waals surface area contributed by atoms with Crippen LogP contribution in [0.25, 0.3) is 0 Å². The van der Waals surface area contributed by atoms with Crippen molar-refractivity contribution >= 4 is 0 Å². The highest BCUT2D eigenvalue weighted by Gasteiger charge is 2.08. The number of pyridine rings is 1. The molecule has 100 valence electrons. The number of aromatic nitrogens is 1. The molecule has 0 radical (unpaired) electrons. The lowest BCUT2D eigenvalue weighted by Gasteiger charge is -2.12. The van der Waals surface area contributed by atoms with Gasteiger partial charge in [0, 0.05) is 17.8 Å². The molecule has 1 aromatic carbocycles. The van der Waals surface area contributed by atoms with Crippen LogP contribution in [0.1, 0.15) is 18.5 Å². The Morgan fingerprint density at radius 1 is 1.05 bits per heavy atom. The molecule has 0 aliphatic rings. The highest BCUT2D eigenvalue weighted by Crippen LogP contribution is 2.20. The van der Waals surface area contributed by atoms with Gasteiger partial charge in [0.2, 0.25) is 5.88 Å². The van der Waals surface area contributed by atoms with Gasteiger partial charge in [0.05, 0.1) is 0 Å². The van der Waals surface area contributed by atoms with Gasteiger partial charge in [-0.25, -0.2) is 4.98 Å². The largest absolute Gasteiger partial charge is 0.490 e. The van der Waals surface area contributed by atoms with Crippen molar-refractivity contribution in [2.24, 2.45) is 5.73 Å². The van der Waals surface area contributed by atoms with E-state index in [0.717, 1.165) is 11.3 Å². The molecular weight excluding hydrogens is 240 g/mol. The van der Waals surface area contributed by atoms with E-state index in [4.69, 9.17) is 15.2 Å². The summed E-state index contributed by atoms with van der Waals surface area (Å²) < 4.78 is 11.1. The summed E-state index contributed by atoms with van der Waals surface area (Å²) in [6, 6.07) is 13.3. The third-order valence-electron chi connectivity index (χ3n) is 2.63. The second-order valence-corrected chi connectivity index (χ2v) is 4.20. The molecule has 0 fully saturated rings. The Morgan fingerprint density at radius 3 is 2.53 bits per heavy atom. The minimum Gasteiger partial charge on any atom is -0.490 e. The second-order valence-electron chi connectivity index (χ2n) is 4.20. The Labute approximate surface area is 113 Å². The Bertz CT molecular complexity index is 501. The first-order valence-electron chi connectivity index (χ1n) is 6.28. The number of para-hydroxylation sites is 1. The predicted molar refractivity (Wildman–Crippen MR) is 74.3 cm³/mol. The topological polar surface area (TPSA) is 57.4 Å². The van der Waals surface area contributed by atoms with E-state index in [9.17, 15) is 0 Å². The molecule has 4 nitrogen and oxygen atoms in total. The van der Waals surface area contributed by atoms with E-state index in [2.05, 4.69) is 4.98 Å². The zero-order valence-electron chi connectivity index (χ0n) is 11.0. The standard InChI is InChI=1S/C15H18N2O2/c1-12(16)14-8-5-9-17-15(14)19-11-10-18-13-6-3-2-4-7-13/h2-9,12H,10-11,16H2,1H3/t12-/m1/s1. The quantitative estimate of drug-likeness (QED) is 0.809. The monoisotopic (exact) mass is 258 g/mol. The highest BCUT2D eigenvalue weighted by atomic mass is 16.5. The maximum absolute atomic E-state index is 5.86. The number of nitrogens with two attached hydrogens (primary N) is 1. The number of nitrogens with zero attached hydrogens (tertiary/aromatic N) is 1. The highest BCUT2D eigenvalue weighted by molar-refractivity contribution is 5.28. The Kier molecular flexibility index (Phi) is 4.75. The summed E-state index contributed by atoms with van der Waals surface area (Å²) in [5.41, 5.74) is 6.76. The summed E-state index contributed by atoms with van der Waals surface area (Å²) in [4.78, 5) is 4.19. The maximum Gasteiger partial charge on any atom is 0.218 e. The molecule has 0 spiro atoms. The summed E-state index contributed by atoms with van der Waals surface area (Å²) in [7, 11) is 0. The first-order chi connectivity index (χ1) is 9.27. The first kappa shape index (κ1) is 13.4. The summed E-state index contributed by atoms with van der Waals surface area (Å²) in [6.07, 6.45) is 1.69. The number of benzene rings is 1. The summed E-state index contributed by atoms with van der Waals surface area (Å²) in [5.74, 6) is 1.41. The van der Waals surface area contributed by atoms with Crippen LogP contribution in [0.15, 0.2) is 48.7 Å². The molecule has 1 atom stereocenters. The molecule has 1 aromatic heterocycles. The fraction of sp³-hybridized carbons (Fsp3) is 0.267. The predicted octanol–water partition coefficient (Wildman–Crippen LogP) is 2.56. The zero-order chi connectivity index (χ0) is 13.5. The molecule has 19 heavy (non-hydrogen) atoms. The number of rotatable bonds is 6. The van der Waals surface area contributed by atoms with E-state index in [0.29, 0.717) is 19.1 Å². The maximum atomic E-state index is 5.86. The summed E-state index contributed by atoms with van der Waals surface area (Å²) in [6.45, 7) is 2.81. The van der Waals surface area contributed by atoms with Crippen molar-refractivity contribution in [1.29, 1.82) is 0 Å². The molecule has 0 amide bonds. The first-order valence-corrected chi connectivity index (χ1v) is 6.28. The molecule has 2 rings (SSSR count). The van der Waals surface area contributed by atoms with Gasteiger partial charge in [0.15, 0.2) is 0 Å². The third kappa shape index (κ3) is 3.96. The molecule has 2 N–H and O–H groups in total. The second kappa shape index (κ2) is 6.75. The minimum absolute atomic E-state index is 0.0984. The van der Waals surface area contributed by atoms with Gasteiger partial charge < -0.3 is 15.2 Å². The van der Waals surface area contributed by atoms with Crippen LogP contribution in [-0.2, 0) is 0 Å². The number of hydrogen-bond donors (Lipinski definition) is 1. The van der Waals surface area contributed by atoms with Crippen molar-refractivity contribution in [3.05, 3.63) is 54.2 Å².